The van der Waals surface area contributed by atoms with Crippen LogP contribution < -0.4 is 11.1 Å². The standard InChI is InChI=1S/C12H17N3O3/c13-12(17)14-11(16)5-6-15(9-3-4-9)8-10-2-1-7-18-10/h1-2,7,9H,3-6,8H2,(H3,13,14,16,17). The third kappa shape index (κ3) is 3.89. The topological polar surface area (TPSA) is 88.6 Å². The molecule has 1 aromatic rings. The van der Waals surface area contributed by atoms with Gasteiger partial charge < -0.3 is 10.2 Å². The van der Waals surface area contributed by atoms with E-state index < -0.39 is 6.03 Å². The lowest BCUT2D eigenvalue weighted by Crippen LogP contribution is -2.37. The summed E-state index contributed by atoms with van der Waals surface area (Å²) in [7, 11) is 0. The molecule has 0 aromatic carbocycles. The SMILES string of the molecule is NC(=O)NC(=O)CCN(Cc1ccco1)C1CC1. The summed E-state index contributed by atoms with van der Waals surface area (Å²) >= 11 is 0. The van der Waals surface area contributed by atoms with Gasteiger partial charge in [0.05, 0.1) is 12.8 Å². The van der Waals surface area contributed by atoms with E-state index in [1.54, 1.807) is 6.26 Å². The van der Waals surface area contributed by atoms with Crippen LogP contribution in [0.5, 0.6) is 0 Å². The lowest BCUT2D eigenvalue weighted by molar-refractivity contribution is -0.120. The van der Waals surface area contributed by atoms with Crippen molar-refractivity contribution in [2.75, 3.05) is 6.54 Å². The van der Waals surface area contributed by atoms with Gasteiger partial charge in [-0.25, -0.2) is 4.79 Å². The summed E-state index contributed by atoms with van der Waals surface area (Å²) in [6, 6.07) is 3.49. The van der Waals surface area contributed by atoms with E-state index in [1.165, 1.54) is 0 Å². The molecule has 1 aromatic heterocycles. The van der Waals surface area contributed by atoms with Crippen LogP contribution >= 0.6 is 0 Å². The fourth-order valence-electron chi connectivity index (χ4n) is 1.88. The Morgan fingerprint density at radius 2 is 2.28 bits per heavy atom. The normalized spacial score (nSPS) is 14.7. The second-order valence-corrected chi connectivity index (χ2v) is 4.44. The van der Waals surface area contributed by atoms with Gasteiger partial charge in [-0.2, -0.15) is 0 Å². The first-order valence-electron chi connectivity index (χ1n) is 6.01. The number of nitrogens with two attached hydrogens (primary N) is 1. The van der Waals surface area contributed by atoms with Crippen molar-refractivity contribution in [1.82, 2.24) is 10.2 Å². The number of hydrogen-bond acceptors (Lipinski definition) is 4. The number of carbonyl (C=O) groups is 2. The van der Waals surface area contributed by atoms with Gasteiger partial charge in [-0.15, -0.1) is 0 Å². The Bertz CT molecular complexity index is 412. The molecule has 3 N–H and O–H groups in total. The maximum atomic E-state index is 11.3. The fourth-order valence-corrected chi connectivity index (χ4v) is 1.88. The maximum Gasteiger partial charge on any atom is 0.318 e. The number of furan rings is 1. The van der Waals surface area contributed by atoms with Gasteiger partial charge in [0.15, 0.2) is 0 Å². The molecule has 1 aliphatic carbocycles. The molecule has 3 amide bonds. The van der Waals surface area contributed by atoms with Gasteiger partial charge in [0.25, 0.3) is 0 Å². The summed E-state index contributed by atoms with van der Waals surface area (Å²) in [5.41, 5.74) is 4.88. The van der Waals surface area contributed by atoms with Gasteiger partial charge >= 0.3 is 6.03 Å². The number of nitrogens with zero attached hydrogens (tertiary/aromatic N) is 1. The van der Waals surface area contributed by atoms with Gasteiger partial charge in [-0.1, -0.05) is 0 Å². The van der Waals surface area contributed by atoms with Crippen molar-refractivity contribution in [2.24, 2.45) is 5.73 Å². The number of amides is 3. The Morgan fingerprint density at radius 3 is 2.83 bits per heavy atom. The Morgan fingerprint density at radius 1 is 1.50 bits per heavy atom. The van der Waals surface area contributed by atoms with E-state index in [4.69, 9.17) is 10.2 Å². The predicted octanol–water partition coefficient (Wildman–Crippen LogP) is 0.829. The molecule has 0 atom stereocenters. The van der Waals surface area contributed by atoms with Gasteiger partial charge in [0.1, 0.15) is 5.76 Å². The summed E-state index contributed by atoms with van der Waals surface area (Å²) in [5, 5.41) is 2.07. The van der Waals surface area contributed by atoms with Gasteiger partial charge in [-0.3, -0.25) is 15.0 Å². The van der Waals surface area contributed by atoms with E-state index in [9.17, 15) is 9.59 Å². The molecule has 0 bridgehead atoms. The zero-order valence-corrected chi connectivity index (χ0v) is 10.1. The summed E-state index contributed by atoms with van der Waals surface area (Å²) in [6.07, 6.45) is 4.21. The van der Waals surface area contributed by atoms with Crippen LogP contribution in [0, 0.1) is 0 Å². The van der Waals surface area contributed by atoms with E-state index in [0.717, 1.165) is 18.6 Å². The Kier molecular flexibility index (Phi) is 3.99. The minimum Gasteiger partial charge on any atom is -0.468 e. The van der Waals surface area contributed by atoms with Crippen molar-refractivity contribution in [3.05, 3.63) is 24.2 Å². The number of primary amides is 1. The number of carbonyl (C=O) groups excluding carboxylic acids is 2. The highest BCUT2D eigenvalue weighted by atomic mass is 16.3. The van der Waals surface area contributed by atoms with Crippen LogP contribution in [0.25, 0.3) is 0 Å². The molecule has 1 aliphatic rings. The highest BCUT2D eigenvalue weighted by Crippen LogP contribution is 2.28. The molecular formula is C12H17N3O3. The fraction of sp³-hybridized carbons (Fsp3) is 0.500. The van der Waals surface area contributed by atoms with E-state index >= 15 is 0 Å². The maximum absolute atomic E-state index is 11.3. The van der Waals surface area contributed by atoms with Crippen molar-refractivity contribution >= 4 is 11.9 Å². The van der Waals surface area contributed by atoms with Crippen LogP contribution in [0.2, 0.25) is 0 Å². The van der Waals surface area contributed by atoms with Crippen LogP contribution in [0.1, 0.15) is 25.0 Å². The van der Waals surface area contributed by atoms with E-state index in [2.05, 4.69) is 10.2 Å². The molecule has 0 saturated heterocycles. The molecule has 0 unspecified atom stereocenters. The molecule has 6 nitrogen and oxygen atoms in total. The van der Waals surface area contributed by atoms with E-state index in [-0.39, 0.29) is 12.3 Å². The van der Waals surface area contributed by atoms with Gasteiger partial charge in [0.2, 0.25) is 5.91 Å². The lowest BCUT2D eigenvalue weighted by Gasteiger charge is -2.20. The number of rotatable bonds is 6. The van der Waals surface area contributed by atoms with Crippen molar-refractivity contribution in [1.29, 1.82) is 0 Å². The van der Waals surface area contributed by atoms with Crippen molar-refractivity contribution in [3.63, 3.8) is 0 Å². The largest absolute Gasteiger partial charge is 0.468 e. The average molecular weight is 251 g/mol. The van der Waals surface area contributed by atoms with Gasteiger partial charge in [0, 0.05) is 19.0 Å². The molecule has 6 heteroatoms. The van der Waals surface area contributed by atoms with E-state index in [1.807, 2.05) is 12.1 Å². The minimum atomic E-state index is -0.802. The van der Waals surface area contributed by atoms with Crippen LogP contribution in [0.4, 0.5) is 4.79 Å². The highest BCUT2D eigenvalue weighted by molar-refractivity contribution is 5.93. The second kappa shape index (κ2) is 5.68. The third-order valence-corrected chi connectivity index (χ3v) is 2.89. The molecule has 18 heavy (non-hydrogen) atoms. The second-order valence-electron chi connectivity index (χ2n) is 4.44. The number of nitrogens with one attached hydrogen (secondary N) is 1. The molecule has 98 valence electrons. The van der Waals surface area contributed by atoms with Crippen molar-refractivity contribution in [3.8, 4) is 0 Å². The zero-order chi connectivity index (χ0) is 13.0. The first kappa shape index (κ1) is 12.6. The summed E-state index contributed by atoms with van der Waals surface area (Å²) in [6.45, 7) is 1.30. The monoisotopic (exact) mass is 251 g/mol. The molecule has 1 heterocycles. The number of urea groups is 1. The quantitative estimate of drug-likeness (QED) is 0.783. The van der Waals surface area contributed by atoms with Gasteiger partial charge in [-0.05, 0) is 25.0 Å². The predicted molar refractivity (Wildman–Crippen MR) is 64.5 cm³/mol. The zero-order valence-electron chi connectivity index (χ0n) is 10.1. The molecule has 1 fully saturated rings. The highest BCUT2D eigenvalue weighted by Gasteiger charge is 2.29. The van der Waals surface area contributed by atoms with Crippen LogP contribution in [0.15, 0.2) is 22.8 Å². The minimum absolute atomic E-state index is 0.264. The van der Waals surface area contributed by atoms with Crippen LogP contribution in [-0.2, 0) is 11.3 Å². The first-order valence-corrected chi connectivity index (χ1v) is 6.01. The number of hydrogen-bond donors (Lipinski definition) is 2. The first-order chi connectivity index (χ1) is 8.65. The average Bonchev–Trinajstić information content (AvgIpc) is 3.02. The lowest BCUT2D eigenvalue weighted by atomic mass is 10.3. The van der Waals surface area contributed by atoms with Crippen LogP contribution in [-0.4, -0.2) is 29.4 Å². The number of imide groups is 1. The molecule has 0 aliphatic heterocycles. The Labute approximate surface area is 105 Å². The smallest absolute Gasteiger partial charge is 0.318 e. The molecule has 0 spiro atoms. The molecule has 1 saturated carbocycles. The summed E-state index contributed by atoms with van der Waals surface area (Å²) < 4.78 is 5.30. The van der Waals surface area contributed by atoms with E-state index in [0.29, 0.717) is 19.1 Å². The van der Waals surface area contributed by atoms with Crippen molar-refractivity contribution in [2.45, 2.75) is 31.8 Å². The molecular weight excluding hydrogens is 234 g/mol. The molecule has 0 radical (unpaired) electrons. The third-order valence-electron chi connectivity index (χ3n) is 2.89. The molecule has 2 rings (SSSR count). The summed E-state index contributed by atoms with van der Waals surface area (Å²) in [5.74, 6) is 0.546. The Hall–Kier alpha value is -1.82. The summed E-state index contributed by atoms with van der Waals surface area (Å²) in [4.78, 5) is 24.1. The Balaban J connectivity index is 1.80. The van der Waals surface area contributed by atoms with Crippen LogP contribution in [0.3, 0.4) is 0 Å². The van der Waals surface area contributed by atoms with Crippen molar-refractivity contribution < 1.29 is 14.0 Å².